The molecule has 1 saturated heterocycles. The van der Waals surface area contributed by atoms with Gasteiger partial charge in [0.1, 0.15) is 24.4 Å². The number of hydrogen-bond acceptors (Lipinski definition) is 8. The molecule has 9 nitrogen and oxygen atoms in total. The summed E-state index contributed by atoms with van der Waals surface area (Å²) in [5.74, 6) is -0.199. The molecule has 0 aromatic carbocycles. The lowest BCUT2D eigenvalue weighted by Crippen LogP contribution is -2.60. The molecule has 1 aliphatic heterocycles. The highest BCUT2D eigenvalue weighted by Gasteiger charge is 2.44. The third kappa shape index (κ3) is 40.7. The van der Waals surface area contributed by atoms with E-state index in [9.17, 15) is 30.3 Å². The minimum absolute atomic E-state index is 0.199. The minimum atomic E-state index is -1.58. The Morgan fingerprint density at radius 1 is 0.479 bits per heavy atom. The number of amides is 1. The number of rotatable bonds is 50. The summed E-state index contributed by atoms with van der Waals surface area (Å²) in [6.45, 7) is 3.76. The van der Waals surface area contributed by atoms with E-state index in [1.165, 1.54) is 167 Å². The van der Waals surface area contributed by atoms with Crippen molar-refractivity contribution >= 4 is 5.91 Å². The summed E-state index contributed by atoms with van der Waals surface area (Å²) in [5, 5.41) is 54.5. The SMILES string of the molecule is CCCCCCC/C=C\C/C=C\C/C=C\CCCCCCCCCCC(=O)NC(COC1OC(CO)C(O)C(O)C1O)C(O)/C=C/CC/C=C/CC/C=C/CCCCCCCCCCCCCCCCC. The van der Waals surface area contributed by atoms with E-state index in [0.717, 1.165) is 70.6 Å². The number of allylic oxidation sites excluding steroid dienone is 11. The van der Waals surface area contributed by atoms with Crippen LogP contribution in [0, 0.1) is 0 Å². The van der Waals surface area contributed by atoms with E-state index in [1.54, 1.807) is 6.08 Å². The van der Waals surface area contributed by atoms with E-state index in [4.69, 9.17) is 9.47 Å². The maximum atomic E-state index is 13.1. The van der Waals surface area contributed by atoms with Crippen molar-refractivity contribution in [1.82, 2.24) is 5.32 Å². The van der Waals surface area contributed by atoms with Crippen LogP contribution in [-0.4, -0.2) is 87.5 Å². The van der Waals surface area contributed by atoms with Crippen LogP contribution in [0.3, 0.4) is 0 Å². The Morgan fingerprint density at radius 3 is 1.28 bits per heavy atom. The van der Waals surface area contributed by atoms with Gasteiger partial charge in [-0.15, -0.1) is 0 Å². The molecule has 71 heavy (non-hydrogen) atoms. The largest absolute Gasteiger partial charge is 0.394 e. The quantitative estimate of drug-likeness (QED) is 0.0261. The van der Waals surface area contributed by atoms with Gasteiger partial charge in [-0.2, -0.15) is 0 Å². The summed E-state index contributed by atoms with van der Waals surface area (Å²) in [7, 11) is 0. The van der Waals surface area contributed by atoms with Crippen LogP contribution in [-0.2, 0) is 14.3 Å². The predicted octanol–water partition coefficient (Wildman–Crippen LogP) is 14.8. The van der Waals surface area contributed by atoms with Gasteiger partial charge in [0.05, 0.1) is 25.4 Å². The van der Waals surface area contributed by atoms with Gasteiger partial charge in [-0.05, 0) is 83.5 Å². The van der Waals surface area contributed by atoms with E-state index in [2.05, 4.69) is 79.9 Å². The maximum Gasteiger partial charge on any atom is 0.220 e. The van der Waals surface area contributed by atoms with Gasteiger partial charge in [0, 0.05) is 6.42 Å². The van der Waals surface area contributed by atoms with Crippen molar-refractivity contribution in [2.75, 3.05) is 13.2 Å². The van der Waals surface area contributed by atoms with E-state index in [1.807, 2.05) is 6.08 Å². The first-order valence-corrected chi connectivity index (χ1v) is 29.7. The van der Waals surface area contributed by atoms with Crippen molar-refractivity contribution in [3.8, 4) is 0 Å². The second kappa shape index (κ2) is 51.1. The summed E-state index contributed by atoms with van der Waals surface area (Å²) in [5.41, 5.74) is 0. The number of aliphatic hydroxyl groups excluding tert-OH is 5. The highest BCUT2D eigenvalue weighted by molar-refractivity contribution is 5.76. The van der Waals surface area contributed by atoms with Crippen LogP contribution < -0.4 is 5.32 Å². The fourth-order valence-corrected chi connectivity index (χ4v) is 9.02. The molecule has 1 aliphatic rings. The summed E-state index contributed by atoms with van der Waals surface area (Å²) >= 11 is 0. The first-order chi connectivity index (χ1) is 34.8. The summed E-state index contributed by atoms with van der Waals surface area (Å²) < 4.78 is 11.3. The zero-order valence-corrected chi connectivity index (χ0v) is 45.7. The van der Waals surface area contributed by atoms with Gasteiger partial charge in [0.15, 0.2) is 6.29 Å². The molecule has 1 rings (SSSR count). The molecule has 0 bridgehead atoms. The van der Waals surface area contributed by atoms with Crippen molar-refractivity contribution in [2.24, 2.45) is 0 Å². The van der Waals surface area contributed by atoms with Crippen LogP contribution >= 0.6 is 0 Å². The highest BCUT2D eigenvalue weighted by atomic mass is 16.7. The van der Waals surface area contributed by atoms with Crippen LogP contribution in [0.5, 0.6) is 0 Å². The van der Waals surface area contributed by atoms with Gasteiger partial charge in [-0.1, -0.05) is 241 Å². The van der Waals surface area contributed by atoms with Gasteiger partial charge < -0.3 is 40.3 Å². The van der Waals surface area contributed by atoms with Gasteiger partial charge in [-0.3, -0.25) is 4.79 Å². The van der Waals surface area contributed by atoms with Crippen LogP contribution in [0.4, 0.5) is 0 Å². The van der Waals surface area contributed by atoms with Crippen LogP contribution in [0.15, 0.2) is 72.9 Å². The number of hydrogen-bond donors (Lipinski definition) is 6. The number of aliphatic hydroxyl groups is 5. The molecule has 412 valence electrons. The van der Waals surface area contributed by atoms with Crippen molar-refractivity contribution in [3.05, 3.63) is 72.9 Å². The van der Waals surface area contributed by atoms with E-state index < -0.39 is 49.5 Å². The molecule has 6 N–H and O–H groups in total. The Kier molecular flexibility index (Phi) is 48.0. The zero-order chi connectivity index (χ0) is 51.5. The molecular formula is C62H111NO8. The fourth-order valence-electron chi connectivity index (χ4n) is 9.02. The Hall–Kier alpha value is -2.37. The maximum absolute atomic E-state index is 13.1. The predicted molar refractivity (Wildman–Crippen MR) is 299 cm³/mol. The Labute approximate surface area is 436 Å². The first kappa shape index (κ1) is 66.6. The highest BCUT2D eigenvalue weighted by Crippen LogP contribution is 2.23. The lowest BCUT2D eigenvalue weighted by Gasteiger charge is -2.40. The normalized spacial score (nSPS) is 19.8. The molecule has 1 amide bonds. The second-order valence-corrected chi connectivity index (χ2v) is 20.4. The molecule has 7 unspecified atom stereocenters. The van der Waals surface area contributed by atoms with E-state index >= 15 is 0 Å². The van der Waals surface area contributed by atoms with Crippen LogP contribution in [0.25, 0.3) is 0 Å². The lowest BCUT2D eigenvalue weighted by molar-refractivity contribution is -0.302. The summed E-state index contributed by atoms with van der Waals surface area (Å²) in [6.07, 6.45) is 64.0. The van der Waals surface area contributed by atoms with E-state index in [0.29, 0.717) is 6.42 Å². The molecular weight excluding hydrogens is 887 g/mol. The minimum Gasteiger partial charge on any atom is -0.394 e. The van der Waals surface area contributed by atoms with Crippen molar-refractivity contribution in [1.29, 1.82) is 0 Å². The number of nitrogens with one attached hydrogen (secondary N) is 1. The average molecular weight is 999 g/mol. The molecule has 0 radical (unpaired) electrons. The fraction of sp³-hybridized carbons (Fsp3) is 0.790. The van der Waals surface area contributed by atoms with Gasteiger partial charge in [-0.25, -0.2) is 0 Å². The van der Waals surface area contributed by atoms with Crippen LogP contribution in [0.1, 0.15) is 258 Å². The second-order valence-electron chi connectivity index (χ2n) is 20.4. The first-order valence-electron chi connectivity index (χ1n) is 29.7. The Morgan fingerprint density at radius 2 is 0.845 bits per heavy atom. The van der Waals surface area contributed by atoms with Gasteiger partial charge in [0.25, 0.3) is 0 Å². The average Bonchev–Trinajstić information content (AvgIpc) is 3.37. The molecule has 1 heterocycles. The molecule has 0 saturated carbocycles. The van der Waals surface area contributed by atoms with Gasteiger partial charge >= 0.3 is 0 Å². The smallest absolute Gasteiger partial charge is 0.220 e. The Balaban J connectivity index is 2.28. The van der Waals surface area contributed by atoms with Crippen molar-refractivity contribution in [3.63, 3.8) is 0 Å². The van der Waals surface area contributed by atoms with Gasteiger partial charge in [0.2, 0.25) is 5.91 Å². The van der Waals surface area contributed by atoms with Crippen molar-refractivity contribution < 1.29 is 39.8 Å². The van der Waals surface area contributed by atoms with Crippen LogP contribution in [0.2, 0.25) is 0 Å². The number of unbranched alkanes of at least 4 members (excludes halogenated alkanes) is 30. The molecule has 0 aromatic rings. The summed E-state index contributed by atoms with van der Waals surface area (Å²) in [4.78, 5) is 13.1. The summed E-state index contributed by atoms with van der Waals surface area (Å²) in [6, 6.07) is -0.837. The topological polar surface area (TPSA) is 149 Å². The van der Waals surface area contributed by atoms with Crippen molar-refractivity contribution in [2.45, 2.75) is 301 Å². The standard InChI is InChI=1S/C62H111NO8/c1-3-5-7-9-11-13-15-17-19-21-23-25-27-28-30-31-33-35-37-39-41-43-45-47-49-51-56(65)55(54-70-62-61(69)60(68)59(67)57(53-64)71-62)63-58(66)52-50-48-46-44-42-40-38-36-34-32-29-26-24-22-20-18-16-14-12-10-8-6-4-2/h16,18,22,24,29,32-33,35,41,43,49,51,55-57,59-62,64-65,67-69H,3-15,17,19-21,23,25-28,30-31,34,36-40,42,44-48,50,52-54H2,1-2H3,(H,63,66)/b18-16-,24-22-,32-29-,35-33+,43-41+,51-49+. The molecule has 9 heteroatoms. The zero-order valence-electron chi connectivity index (χ0n) is 45.7. The molecule has 1 fully saturated rings. The third-order valence-corrected chi connectivity index (χ3v) is 13.7. The Bertz CT molecular complexity index is 1340. The molecule has 0 aromatic heterocycles. The molecule has 7 atom stereocenters. The monoisotopic (exact) mass is 998 g/mol. The molecule has 0 spiro atoms. The number of carbonyl (C=O) groups is 1. The third-order valence-electron chi connectivity index (χ3n) is 13.7. The van der Waals surface area contributed by atoms with E-state index in [-0.39, 0.29) is 12.5 Å². The number of ether oxygens (including phenoxy) is 2. The lowest BCUT2D eigenvalue weighted by atomic mass is 9.99. The molecule has 0 aliphatic carbocycles. The number of carbonyl (C=O) groups excluding carboxylic acids is 1.